The summed E-state index contributed by atoms with van der Waals surface area (Å²) in [5.41, 5.74) is -1.27. The highest BCUT2D eigenvalue weighted by molar-refractivity contribution is 5.99. The Hall–Kier alpha value is -2.19. The zero-order chi connectivity index (χ0) is 24.5. The SMILES string of the molecule is CCCCN1CC=C[C@]23O[C@H]4/C=C\CCCCOC(=O)[C@H]4[C@H]2C(=O)N([C@@H](CO)C(C)C)C3C1=O. The Kier molecular flexibility index (Phi) is 7.48. The van der Waals surface area contributed by atoms with Gasteiger partial charge in [0.2, 0.25) is 11.8 Å². The van der Waals surface area contributed by atoms with E-state index < -0.39 is 41.6 Å². The summed E-state index contributed by atoms with van der Waals surface area (Å²) in [5, 5.41) is 10.2. The van der Waals surface area contributed by atoms with Gasteiger partial charge < -0.3 is 24.4 Å². The largest absolute Gasteiger partial charge is 0.465 e. The molecule has 4 aliphatic rings. The molecular weight excluding hydrogens is 436 g/mol. The smallest absolute Gasteiger partial charge is 0.312 e. The number of amides is 2. The third kappa shape index (κ3) is 4.09. The first kappa shape index (κ1) is 24.9. The molecule has 1 unspecified atom stereocenters. The number of esters is 1. The maximum Gasteiger partial charge on any atom is 0.312 e. The van der Waals surface area contributed by atoms with E-state index in [2.05, 4.69) is 6.92 Å². The molecule has 0 saturated carbocycles. The van der Waals surface area contributed by atoms with Gasteiger partial charge in [-0.1, -0.05) is 51.5 Å². The van der Waals surface area contributed by atoms with Crippen molar-refractivity contribution < 1.29 is 29.0 Å². The minimum absolute atomic E-state index is 0.0827. The highest BCUT2D eigenvalue weighted by Gasteiger charge is 2.72. The van der Waals surface area contributed by atoms with E-state index >= 15 is 0 Å². The van der Waals surface area contributed by atoms with Crippen molar-refractivity contribution in [3.05, 3.63) is 24.3 Å². The number of likely N-dealkylation sites (tertiary alicyclic amines) is 1. The van der Waals surface area contributed by atoms with E-state index in [1.54, 1.807) is 4.90 Å². The van der Waals surface area contributed by atoms with Crippen molar-refractivity contribution in [1.29, 1.82) is 0 Å². The van der Waals surface area contributed by atoms with Crippen LogP contribution in [0.5, 0.6) is 0 Å². The molecule has 2 fully saturated rings. The zero-order valence-corrected chi connectivity index (χ0v) is 20.5. The molecule has 0 radical (unpaired) electrons. The fourth-order valence-corrected chi connectivity index (χ4v) is 5.93. The molecule has 188 valence electrons. The van der Waals surface area contributed by atoms with Crippen LogP contribution in [0.3, 0.4) is 0 Å². The normalized spacial score (nSPS) is 35.5. The van der Waals surface area contributed by atoms with Crippen LogP contribution in [0, 0.1) is 17.8 Å². The van der Waals surface area contributed by atoms with Gasteiger partial charge in [-0.15, -0.1) is 0 Å². The molecule has 4 rings (SSSR count). The van der Waals surface area contributed by atoms with Crippen molar-refractivity contribution in [2.75, 3.05) is 26.3 Å². The Morgan fingerprint density at radius 1 is 1.18 bits per heavy atom. The summed E-state index contributed by atoms with van der Waals surface area (Å²) in [4.78, 5) is 44.6. The number of unbranched alkanes of at least 4 members (excludes halogenated alkanes) is 1. The van der Waals surface area contributed by atoms with Crippen LogP contribution in [0.4, 0.5) is 0 Å². The summed E-state index contributed by atoms with van der Waals surface area (Å²) in [6.07, 6.45) is 11.3. The van der Waals surface area contributed by atoms with Crippen LogP contribution in [0.25, 0.3) is 0 Å². The van der Waals surface area contributed by atoms with E-state index in [0.717, 1.165) is 32.1 Å². The van der Waals surface area contributed by atoms with Crippen LogP contribution in [0.1, 0.15) is 52.9 Å². The molecule has 1 N–H and O–H groups in total. The van der Waals surface area contributed by atoms with Crippen LogP contribution < -0.4 is 0 Å². The average Bonchev–Trinajstić information content (AvgIpc) is 3.19. The molecule has 34 heavy (non-hydrogen) atoms. The fraction of sp³-hybridized carbons (Fsp3) is 0.731. The third-order valence-corrected chi connectivity index (χ3v) is 7.72. The third-order valence-electron chi connectivity index (χ3n) is 7.72. The van der Waals surface area contributed by atoms with Crippen molar-refractivity contribution >= 4 is 17.8 Å². The van der Waals surface area contributed by atoms with E-state index in [4.69, 9.17) is 9.47 Å². The molecule has 0 bridgehead atoms. The van der Waals surface area contributed by atoms with Crippen LogP contribution in [0.15, 0.2) is 24.3 Å². The number of rotatable bonds is 6. The Morgan fingerprint density at radius 3 is 2.68 bits per heavy atom. The van der Waals surface area contributed by atoms with Crippen molar-refractivity contribution in [2.45, 2.75) is 76.7 Å². The second kappa shape index (κ2) is 10.2. The molecule has 8 nitrogen and oxygen atoms in total. The van der Waals surface area contributed by atoms with E-state index in [-0.39, 0.29) is 24.3 Å². The molecule has 0 aromatic carbocycles. The number of fused-ring (bicyclic) bond motifs is 2. The van der Waals surface area contributed by atoms with Gasteiger partial charge >= 0.3 is 5.97 Å². The quantitative estimate of drug-likeness (QED) is 0.468. The predicted molar refractivity (Wildman–Crippen MR) is 126 cm³/mol. The lowest BCUT2D eigenvalue weighted by atomic mass is 9.78. The molecule has 2 saturated heterocycles. The first-order valence-electron chi connectivity index (χ1n) is 12.8. The minimum atomic E-state index is -1.27. The lowest BCUT2D eigenvalue weighted by Gasteiger charge is -2.39. The highest BCUT2D eigenvalue weighted by atomic mass is 16.6. The Bertz CT molecular complexity index is 854. The van der Waals surface area contributed by atoms with E-state index in [1.165, 1.54) is 4.90 Å². The van der Waals surface area contributed by atoms with Crippen molar-refractivity contribution in [1.82, 2.24) is 9.80 Å². The molecule has 4 aliphatic heterocycles. The van der Waals surface area contributed by atoms with Gasteiger partial charge in [-0.2, -0.15) is 0 Å². The van der Waals surface area contributed by atoms with Crippen molar-refractivity contribution in [3.63, 3.8) is 0 Å². The Morgan fingerprint density at radius 2 is 1.97 bits per heavy atom. The highest BCUT2D eigenvalue weighted by Crippen LogP contribution is 2.53. The maximum atomic E-state index is 14.1. The molecule has 0 aliphatic carbocycles. The van der Waals surface area contributed by atoms with Gasteiger partial charge in [-0.05, 0) is 31.6 Å². The zero-order valence-electron chi connectivity index (χ0n) is 20.5. The van der Waals surface area contributed by atoms with E-state index in [9.17, 15) is 19.5 Å². The summed E-state index contributed by atoms with van der Waals surface area (Å²) < 4.78 is 12.2. The average molecular weight is 475 g/mol. The number of carbonyl (C=O) groups is 3. The number of nitrogens with zero attached hydrogens (tertiary/aromatic N) is 2. The summed E-state index contributed by atoms with van der Waals surface area (Å²) in [6.45, 7) is 6.96. The minimum Gasteiger partial charge on any atom is -0.465 e. The number of carbonyl (C=O) groups excluding carboxylic acids is 3. The maximum absolute atomic E-state index is 14.1. The summed E-state index contributed by atoms with van der Waals surface area (Å²) in [6, 6.07) is -1.49. The molecule has 6 atom stereocenters. The van der Waals surface area contributed by atoms with Crippen LogP contribution in [0.2, 0.25) is 0 Å². The summed E-state index contributed by atoms with van der Waals surface area (Å²) in [7, 11) is 0. The van der Waals surface area contributed by atoms with Gasteiger partial charge in [0.05, 0.1) is 31.3 Å². The second-order valence-electron chi connectivity index (χ2n) is 10.2. The lowest BCUT2D eigenvalue weighted by Crippen LogP contribution is -2.59. The van der Waals surface area contributed by atoms with Gasteiger partial charge in [-0.25, -0.2) is 0 Å². The van der Waals surface area contributed by atoms with Crippen molar-refractivity contribution in [3.8, 4) is 0 Å². The van der Waals surface area contributed by atoms with E-state index in [0.29, 0.717) is 19.7 Å². The number of allylic oxidation sites excluding steroid dienone is 1. The number of hydrogen-bond donors (Lipinski definition) is 1. The number of hydrogen-bond acceptors (Lipinski definition) is 6. The standard InChI is InChI=1S/C26H38N2O6/c1-4-5-13-27-14-10-12-26-21(20-19(34-26)11-8-6-7-9-15-33-25(20)32)23(30)28(22(26)24(27)31)18(16-29)17(2)3/h8,10-12,17-22,29H,4-7,9,13-16H2,1-3H3/b11-8-/t18-,19-,20+,21-,22?,26-/m0/s1. The molecule has 4 heterocycles. The number of aliphatic hydroxyl groups excluding tert-OH is 1. The van der Waals surface area contributed by atoms with Crippen LogP contribution >= 0.6 is 0 Å². The van der Waals surface area contributed by atoms with Crippen LogP contribution in [-0.2, 0) is 23.9 Å². The van der Waals surface area contributed by atoms with E-state index in [1.807, 2.05) is 38.2 Å². The Balaban J connectivity index is 1.83. The monoisotopic (exact) mass is 474 g/mol. The number of aliphatic hydroxyl groups is 1. The predicted octanol–water partition coefficient (Wildman–Crippen LogP) is 2.07. The van der Waals surface area contributed by atoms with Gasteiger partial charge in [0.25, 0.3) is 0 Å². The molecule has 0 aromatic rings. The van der Waals surface area contributed by atoms with Gasteiger partial charge in [0.1, 0.15) is 17.6 Å². The summed E-state index contributed by atoms with van der Waals surface area (Å²) >= 11 is 0. The fourth-order valence-electron chi connectivity index (χ4n) is 5.93. The number of cyclic esters (lactones) is 1. The Labute approximate surface area is 201 Å². The lowest BCUT2D eigenvalue weighted by molar-refractivity contribution is -0.157. The first-order chi connectivity index (χ1) is 16.4. The summed E-state index contributed by atoms with van der Waals surface area (Å²) in [5.74, 6) is -2.75. The topological polar surface area (TPSA) is 96.4 Å². The van der Waals surface area contributed by atoms with Gasteiger partial charge in [0.15, 0.2) is 0 Å². The first-order valence-corrected chi connectivity index (χ1v) is 12.8. The second-order valence-corrected chi connectivity index (χ2v) is 10.2. The number of ether oxygens (including phenoxy) is 2. The molecule has 0 aromatic heterocycles. The molecule has 8 heteroatoms. The van der Waals surface area contributed by atoms with Crippen LogP contribution in [-0.4, -0.2) is 82.8 Å². The van der Waals surface area contributed by atoms with Gasteiger partial charge in [0, 0.05) is 13.1 Å². The van der Waals surface area contributed by atoms with Gasteiger partial charge in [-0.3, -0.25) is 14.4 Å². The molecule has 1 spiro atoms. The molecular formula is C26H38N2O6. The molecule has 2 amide bonds. The van der Waals surface area contributed by atoms with Crippen molar-refractivity contribution in [2.24, 2.45) is 17.8 Å².